The van der Waals surface area contributed by atoms with Gasteiger partial charge in [0, 0.05) is 17.1 Å². The summed E-state index contributed by atoms with van der Waals surface area (Å²) in [6.45, 7) is 6.02. The molecule has 0 aliphatic rings. The number of fused-ring (bicyclic) bond motifs is 1. The lowest BCUT2D eigenvalue weighted by atomic mass is 10.1. The maximum Gasteiger partial charge on any atom is 0.145 e. The van der Waals surface area contributed by atoms with Gasteiger partial charge < -0.3 is 10.5 Å². The molecule has 2 unspecified atom stereocenters. The zero-order chi connectivity index (χ0) is 13.1. The molecule has 1 aromatic heterocycles. The van der Waals surface area contributed by atoms with Gasteiger partial charge in [0.2, 0.25) is 0 Å². The van der Waals surface area contributed by atoms with E-state index in [0.29, 0.717) is 0 Å². The largest absolute Gasteiger partial charge is 0.488 e. The molecule has 96 valence electrons. The summed E-state index contributed by atoms with van der Waals surface area (Å²) < 4.78 is 5.95. The lowest BCUT2D eigenvalue weighted by Gasteiger charge is -2.17. The van der Waals surface area contributed by atoms with E-state index in [1.54, 1.807) is 0 Å². The van der Waals surface area contributed by atoms with E-state index >= 15 is 0 Å². The first-order chi connectivity index (χ1) is 8.56. The van der Waals surface area contributed by atoms with Crippen LogP contribution in [0.3, 0.4) is 0 Å². The van der Waals surface area contributed by atoms with E-state index in [4.69, 9.17) is 10.5 Å². The Morgan fingerprint density at radius 3 is 2.72 bits per heavy atom. The van der Waals surface area contributed by atoms with Gasteiger partial charge in [0.1, 0.15) is 11.3 Å². The molecule has 0 aliphatic carbocycles. The third kappa shape index (κ3) is 2.99. The molecule has 0 aliphatic heterocycles. The van der Waals surface area contributed by atoms with Crippen LogP contribution in [-0.2, 0) is 0 Å². The predicted octanol–water partition coefficient (Wildman–Crippen LogP) is 3.05. The minimum absolute atomic E-state index is 0.0953. The third-order valence-corrected chi connectivity index (χ3v) is 2.85. The highest BCUT2D eigenvalue weighted by Gasteiger charge is 2.10. The maximum absolute atomic E-state index is 5.95. The van der Waals surface area contributed by atoms with Crippen molar-refractivity contribution < 1.29 is 4.74 Å². The molecule has 0 amide bonds. The standard InChI is InChI=1S/C15H20N2O/c1-10(16)9-12(3)18-14-6-4-5-13-8-7-11(2)17-15(13)14/h4-8,10,12H,9,16H2,1-3H3. The summed E-state index contributed by atoms with van der Waals surface area (Å²) >= 11 is 0. The van der Waals surface area contributed by atoms with Crippen LogP contribution in [0.4, 0.5) is 0 Å². The third-order valence-electron chi connectivity index (χ3n) is 2.85. The minimum Gasteiger partial charge on any atom is -0.488 e. The van der Waals surface area contributed by atoms with Gasteiger partial charge in [0.05, 0.1) is 6.10 Å². The summed E-state index contributed by atoms with van der Waals surface area (Å²) in [7, 11) is 0. The predicted molar refractivity (Wildman–Crippen MR) is 74.8 cm³/mol. The van der Waals surface area contributed by atoms with Gasteiger partial charge in [0.15, 0.2) is 0 Å². The molecule has 0 saturated heterocycles. The molecule has 0 fully saturated rings. The fourth-order valence-electron chi connectivity index (χ4n) is 2.10. The number of nitrogens with zero attached hydrogens (tertiary/aromatic N) is 1. The number of ether oxygens (including phenoxy) is 1. The van der Waals surface area contributed by atoms with Gasteiger partial charge in [-0.2, -0.15) is 0 Å². The number of para-hydroxylation sites is 1. The summed E-state index contributed by atoms with van der Waals surface area (Å²) in [6, 6.07) is 10.2. The van der Waals surface area contributed by atoms with Crippen molar-refractivity contribution in [3.05, 3.63) is 36.0 Å². The van der Waals surface area contributed by atoms with Crippen molar-refractivity contribution >= 4 is 10.9 Å². The van der Waals surface area contributed by atoms with E-state index in [1.807, 2.05) is 45.0 Å². The Morgan fingerprint density at radius 2 is 2.00 bits per heavy atom. The average molecular weight is 244 g/mol. The highest BCUT2D eigenvalue weighted by molar-refractivity contribution is 5.84. The molecular formula is C15H20N2O. The van der Waals surface area contributed by atoms with Gasteiger partial charge in [-0.3, -0.25) is 0 Å². The Balaban J connectivity index is 2.30. The maximum atomic E-state index is 5.95. The monoisotopic (exact) mass is 244 g/mol. The zero-order valence-corrected chi connectivity index (χ0v) is 11.2. The topological polar surface area (TPSA) is 48.1 Å². The van der Waals surface area contributed by atoms with Crippen molar-refractivity contribution in [1.29, 1.82) is 0 Å². The zero-order valence-electron chi connectivity index (χ0n) is 11.2. The molecule has 3 heteroatoms. The number of hydrogen-bond acceptors (Lipinski definition) is 3. The van der Waals surface area contributed by atoms with E-state index in [0.717, 1.165) is 28.8 Å². The molecule has 0 bridgehead atoms. The Kier molecular flexibility index (Phi) is 3.82. The molecular weight excluding hydrogens is 224 g/mol. The van der Waals surface area contributed by atoms with E-state index in [2.05, 4.69) is 11.1 Å². The molecule has 2 aromatic rings. The fourth-order valence-corrected chi connectivity index (χ4v) is 2.10. The Hall–Kier alpha value is -1.61. The van der Waals surface area contributed by atoms with Crippen molar-refractivity contribution in [2.45, 2.75) is 39.3 Å². The SMILES string of the molecule is Cc1ccc2cccc(OC(C)CC(C)N)c2n1. The van der Waals surface area contributed by atoms with Gasteiger partial charge >= 0.3 is 0 Å². The van der Waals surface area contributed by atoms with Crippen molar-refractivity contribution in [3.63, 3.8) is 0 Å². The van der Waals surface area contributed by atoms with Crippen LogP contribution in [0.25, 0.3) is 10.9 Å². The number of nitrogens with two attached hydrogens (primary N) is 1. The minimum atomic E-state index is 0.0953. The van der Waals surface area contributed by atoms with Crippen LogP contribution in [-0.4, -0.2) is 17.1 Å². The van der Waals surface area contributed by atoms with E-state index in [-0.39, 0.29) is 12.1 Å². The summed E-state index contributed by atoms with van der Waals surface area (Å²) in [5, 5.41) is 1.10. The highest BCUT2D eigenvalue weighted by Crippen LogP contribution is 2.25. The van der Waals surface area contributed by atoms with Crippen molar-refractivity contribution in [2.24, 2.45) is 5.73 Å². The van der Waals surface area contributed by atoms with Gasteiger partial charge in [0.25, 0.3) is 0 Å². The molecule has 0 radical (unpaired) electrons. The van der Waals surface area contributed by atoms with Gasteiger partial charge in [-0.1, -0.05) is 18.2 Å². The summed E-state index contributed by atoms with van der Waals surface area (Å²) in [5.74, 6) is 0.837. The first-order valence-electron chi connectivity index (χ1n) is 6.35. The molecule has 18 heavy (non-hydrogen) atoms. The van der Waals surface area contributed by atoms with E-state index in [9.17, 15) is 0 Å². The smallest absolute Gasteiger partial charge is 0.145 e. The lowest BCUT2D eigenvalue weighted by Crippen LogP contribution is -2.24. The Morgan fingerprint density at radius 1 is 1.22 bits per heavy atom. The second-order valence-electron chi connectivity index (χ2n) is 4.92. The molecule has 1 heterocycles. The van der Waals surface area contributed by atoms with Crippen LogP contribution >= 0.6 is 0 Å². The number of rotatable bonds is 4. The number of benzene rings is 1. The second-order valence-corrected chi connectivity index (χ2v) is 4.92. The normalized spacial score (nSPS) is 14.4. The number of aromatic nitrogens is 1. The van der Waals surface area contributed by atoms with E-state index < -0.39 is 0 Å². The van der Waals surface area contributed by atoms with Crippen molar-refractivity contribution in [3.8, 4) is 5.75 Å². The molecule has 0 saturated carbocycles. The van der Waals surface area contributed by atoms with Crippen LogP contribution in [0.1, 0.15) is 26.0 Å². The van der Waals surface area contributed by atoms with Gasteiger partial charge in [-0.15, -0.1) is 0 Å². The second kappa shape index (κ2) is 5.36. The molecule has 2 atom stereocenters. The molecule has 0 spiro atoms. The van der Waals surface area contributed by atoms with Gasteiger partial charge in [-0.05, 0) is 39.3 Å². The van der Waals surface area contributed by atoms with Crippen LogP contribution in [0.5, 0.6) is 5.75 Å². The van der Waals surface area contributed by atoms with Crippen LogP contribution < -0.4 is 10.5 Å². The van der Waals surface area contributed by atoms with Gasteiger partial charge in [-0.25, -0.2) is 4.98 Å². The van der Waals surface area contributed by atoms with Crippen LogP contribution in [0, 0.1) is 6.92 Å². The van der Waals surface area contributed by atoms with Crippen LogP contribution in [0.2, 0.25) is 0 Å². The summed E-state index contributed by atoms with van der Waals surface area (Å²) in [6.07, 6.45) is 0.931. The first-order valence-corrected chi connectivity index (χ1v) is 6.35. The number of pyridine rings is 1. The highest BCUT2D eigenvalue weighted by atomic mass is 16.5. The van der Waals surface area contributed by atoms with Crippen molar-refractivity contribution in [2.75, 3.05) is 0 Å². The molecule has 2 N–H and O–H groups in total. The van der Waals surface area contributed by atoms with E-state index in [1.165, 1.54) is 0 Å². The first kappa shape index (κ1) is 12.8. The quantitative estimate of drug-likeness (QED) is 0.899. The average Bonchev–Trinajstić information content (AvgIpc) is 2.28. The Labute approximate surface area is 108 Å². The lowest BCUT2D eigenvalue weighted by molar-refractivity contribution is 0.205. The number of aryl methyl sites for hydroxylation is 1. The van der Waals surface area contributed by atoms with Crippen molar-refractivity contribution in [1.82, 2.24) is 4.98 Å². The Bertz CT molecular complexity index is 537. The molecule has 2 rings (SSSR count). The summed E-state index contributed by atoms with van der Waals surface area (Å²) in [5.41, 5.74) is 7.71. The number of hydrogen-bond donors (Lipinski definition) is 1. The fraction of sp³-hybridized carbons (Fsp3) is 0.400. The summed E-state index contributed by atoms with van der Waals surface area (Å²) in [4.78, 5) is 4.55. The molecule has 1 aromatic carbocycles. The van der Waals surface area contributed by atoms with Crippen LogP contribution in [0.15, 0.2) is 30.3 Å². The molecule has 3 nitrogen and oxygen atoms in total.